The van der Waals surface area contributed by atoms with Crippen molar-refractivity contribution in [1.82, 2.24) is 9.55 Å². The van der Waals surface area contributed by atoms with E-state index in [1.165, 1.54) is 0 Å². The molecule has 1 aromatic heterocycles. The number of aromatic nitrogens is 2. The minimum absolute atomic E-state index is 0.0975. The van der Waals surface area contributed by atoms with Crippen molar-refractivity contribution in [1.29, 1.82) is 0 Å². The monoisotopic (exact) mass is 440 g/mol. The number of hydrogen-bond acceptors (Lipinski definition) is 4. The molecule has 166 valence electrons. The standard InChI is InChI=1S/C26H24N4O3/c1-33-23-9-5-6-20(14-23)15-25(31)28-22-12-10-19(11-13-22)16-30-17-24(27-18-30)26(32)29-21-7-3-2-4-8-21/h2-14,17-18H,15-16H2,1H3,(H,28,31)(H,29,32). The van der Waals surface area contributed by atoms with Crippen molar-refractivity contribution in [3.05, 3.63) is 108 Å². The predicted molar refractivity (Wildman–Crippen MR) is 127 cm³/mol. The molecule has 0 aliphatic rings. The molecule has 7 heteroatoms. The number of nitrogens with zero attached hydrogens (tertiary/aromatic N) is 2. The summed E-state index contributed by atoms with van der Waals surface area (Å²) >= 11 is 0. The van der Waals surface area contributed by atoms with Gasteiger partial charge in [-0.05, 0) is 47.5 Å². The molecule has 0 bridgehead atoms. The molecule has 0 atom stereocenters. The molecule has 0 fully saturated rings. The number of benzene rings is 3. The quantitative estimate of drug-likeness (QED) is 0.426. The van der Waals surface area contributed by atoms with Crippen molar-refractivity contribution in [2.24, 2.45) is 0 Å². The molecule has 1 heterocycles. The van der Waals surface area contributed by atoms with E-state index in [4.69, 9.17) is 4.74 Å². The van der Waals surface area contributed by atoms with Crippen LogP contribution in [-0.4, -0.2) is 28.5 Å². The molecule has 0 saturated heterocycles. The molecule has 2 amide bonds. The molecule has 0 aliphatic carbocycles. The summed E-state index contributed by atoms with van der Waals surface area (Å²) < 4.78 is 7.04. The average Bonchev–Trinajstić information content (AvgIpc) is 3.30. The van der Waals surface area contributed by atoms with Gasteiger partial charge in [-0.15, -0.1) is 0 Å². The molecule has 0 unspecified atom stereocenters. The number of carbonyl (C=O) groups excluding carboxylic acids is 2. The summed E-state index contributed by atoms with van der Waals surface area (Å²) in [7, 11) is 1.60. The Hall–Kier alpha value is -4.39. The topological polar surface area (TPSA) is 85.2 Å². The number of para-hydroxylation sites is 1. The smallest absolute Gasteiger partial charge is 0.275 e. The maximum atomic E-state index is 12.4. The van der Waals surface area contributed by atoms with Gasteiger partial charge in [-0.2, -0.15) is 0 Å². The summed E-state index contributed by atoms with van der Waals surface area (Å²) in [6, 6.07) is 24.3. The van der Waals surface area contributed by atoms with E-state index in [2.05, 4.69) is 15.6 Å². The molecule has 4 aromatic rings. The number of carbonyl (C=O) groups is 2. The van der Waals surface area contributed by atoms with Crippen molar-refractivity contribution >= 4 is 23.2 Å². The van der Waals surface area contributed by atoms with E-state index >= 15 is 0 Å². The summed E-state index contributed by atoms with van der Waals surface area (Å²) in [5.74, 6) is 0.374. The van der Waals surface area contributed by atoms with Gasteiger partial charge in [0.15, 0.2) is 0 Å². The van der Waals surface area contributed by atoms with E-state index < -0.39 is 0 Å². The molecule has 0 saturated carbocycles. The van der Waals surface area contributed by atoms with Crippen LogP contribution in [0.5, 0.6) is 5.75 Å². The molecule has 33 heavy (non-hydrogen) atoms. The molecule has 3 aromatic carbocycles. The molecule has 0 radical (unpaired) electrons. The van der Waals surface area contributed by atoms with Crippen LogP contribution in [0, 0.1) is 0 Å². The van der Waals surface area contributed by atoms with Crippen LogP contribution in [0.25, 0.3) is 0 Å². The maximum absolute atomic E-state index is 12.4. The van der Waals surface area contributed by atoms with Crippen molar-refractivity contribution in [3.63, 3.8) is 0 Å². The van der Waals surface area contributed by atoms with Gasteiger partial charge in [0, 0.05) is 24.1 Å². The zero-order chi connectivity index (χ0) is 23.0. The van der Waals surface area contributed by atoms with Gasteiger partial charge < -0.3 is 19.9 Å². The van der Waals surface area contributed by atoms with Gasteiger partial charge in [0.1, 0.15) is 11.4 Å². The number of anilines is 2. The second-order valence-corrected chi connectivity index (χ2v) is 7.52. The van der Waals surface area contributed by atoms with Gasteiger partial charge in [-0.1, -0.05) is 42.5 Å². The average molecular weight is 441 g/mol. The van der Waals surface area contributed by atoms with Crippen LogP contribution in [0.4, 0.5) is 11.4 Å². The first-order valence-corrected chi connectivity index (χ1v) is 10.5. The highest BCUT2D eigenvalue weighted by Gasteiger charge is 2.10. The van der Waals surface area contributed by atoms with E-state index in [-0.39, 0.29) is 18.2 Å². The third-order valence-corrected chi connectivity index (χ3v) is 5.00. The third kappa shape index (κ3) is 6.07. The summed E-state index contributed by atoms with van der Waals surface area (Å²) in [5, 5.41) is 5.73. The first-order valence-electron chi connectivity index (χ1n) is 10.5. The van der Waals surface area contributed by atoms with E-state index in [9.17, 15) is 9.59 Å². The highest BCUT2D eigenvalue weighted by atomic mass is 16.5. The van der Waals surface area contributed by atoms with Crippen molar-refractivity contribution in [3.8, 4) is 5.75 Å². The molecule has 0 aliphatic heterocycles. The Morgan fingerprint density at radius 1 is 0.879 bits per heavy atom. The van der Waals surface area contributed by atoms with Crippen molar-refractivity contribution in [2.45, 2.75) is 13.0 Å². The SMILES string of the molecule is COc1cccc(CC(=O)Nc2ccc(Cn3cnc(C(=O)Nc4ccccc4)c3)cc2)c1. The molecule has 7 nitrogen and oxygen atoms in total. The number of rotatable bonds is 8. The van der Waals surface area contributed by atoms with Crippen LogP contribution in [0.1, 0.15) is 21.6 Å². The second-order valence-electron chi connectivity index (χ2n) is 7.52. The number of methoxy groups -OCH3 is 1. The summed E-state index contributed by atoms with van der Waals surface area (Å²) in [5.41, 5.74) is 3.70. The Morgan fingerprint density at radius 3 is 2.39 bits per heavy atom. The largest absolute Gasteiger partial charge is 0.497 e. The van der Waals surface area contributed by atoms with Crippen molar-refractivity contribution in [2.75, 3.05) is 17.7 Å². The number of hydrogen-bond donors (Lipinski definition) is 2. The Morgan fingerprint density at radius 2 is 1.64 bits per heavy atom. The van der Waals surface area contributed by atoms with Crippen LogP contribution < -0.4 is 15.4 Å². The zero-order valence-corrected chi connectivity index (χ0v) is 18.2. The summed E-state index contributed by atoms with van der Waals surface area (Å²) in [6.07, 6.45) is 3.60. The fourth-order valence-corrected chi connectivity index (χ4v) is 3.36. The Balaban J connectivity index is 1.31. The van der Waals surface area contributed by atoms with Gasteiger partial charge in [-0.3, -0.25) is 9.59 Å². The molecule has 4 rings (SSSR count). The fraction of sp³-hybridized carbons (Fsp3) is 0.115. The Bertz CT molecular complexity index is 1230. The van der Waals surface area contributed by atoms with Gasteiger partial charge in [0.2, 0.25) is 5.91 Å². The van der Waals surface area contributed by atoms with Crippen LogP contribution in [-0.2, 0) is 17.8 Å². The van der Waals surface area contributed by atoms with E-state index in [1.807, 2.05) is 83.4 Å². The Labute approximate surface area is 192 Å². The predicted octanol–water partition coefficient (Wildman–Crippen LogP) is 4.37. The Kier molecular flexibility index (Phi) is 6.80. The lowest BCUT2D eigenvalue weighted by molar-refractivity contribution is -0.115. The fourth-order valence-electron chi connectivity index (χ4n) is 3.36. The van der Waals surface area contributed by atoms with Gasteiger partial charge in [0.25, 0.3) is 5.91 Å². The summed E-state index contributed by atoms with van der Waals surface area (Å²) in [6.45, 7) is 0.559. The highest BCUT2D eigenvalue weighted by molar-refractivity contribution is 6.02. The van der Waals surface area contributed by atoms with Crippen molar-refractivity contribution < 1.29 is 14.3 Å². The lowest BCUT2D eigenvalue weighted by Gasteiger charge is -2.08. The van der Waals surface area contributed by atoms with Crippen LogP contribution in [0.2, 0.25) is 0 Å². The lowest BCUT2D eigenvalue weighted by atomic mass is 10.1. The number of nitrogens with one attached hydrogen (secondary N) is 2. The molecular weight excluding hydrogens is 416 g/mol. The van der Waals surface area contributed by atoms with E-state index in [1.54, 1.807) is 19.6 Å². The first-order chi connectivity index (χ1) is 16.1. The van der Waals surface area contributed by atoms with Gasteiger partial charge in [-0.25, -0.2) is 4.98 Å². The minimum Gasteiger partial charge on any atom is -0.497 e. The highest BCUT2D eigenvalue weighted by Crippen LogP contribution is 2.15. The number of amides is 2. The normalized spacial score (nSPS) is 10.5. The zero-order valence-electron chi connectivity index (χ0n) is 18.2. The lowest BCUT2D eigenvalue weighted by Crippen LogP contribution is -2.14. The number of ether oxygens (including phenoxy) is 1. The van der Waals surface area contributed by atoms with E-state index in [0.29, 0.717) is 12.2 Å². The van der Waals surface area contributed by atoms with Crippen LogP contribution in [0.15, 0.2) is 91.4 Å². The molecule has 0 spiro atoms. The molecule has 2 N–H and O–H groups in total. The maximum Gasteiger partial charge on any atom is 0.275 e. The third-order valence-electron chi connectivity index (χ3n) is 5.00. The first kappa shape index (κ1) is 21.8. The summed E-state index contributed by atoms with van der Waals surface area (Å²) in [4.78, 5) is 28.9. The van der Waals surface area contributed by atoms with Gasteiger partial charge >= 0.3 is 0 Å². The molecular formula is C26H24N4O3. The van der Waals surface area contributed by atoms with Crippen LogP contribution in [0.3, 0.4) is 0 Å². The minimum atomic E-state index is -0.256. The number of imidazole rings is 1. The second kappa shape index (κ2) is 10.3. The van der Waals surface area contributed by atoms with Crippen LogP contribution >= 0.6 is 0 Å². The van der Waals surface area contributed by atoms with E-state index in [0.717, 1.165) is 28.3 Å². The van der Waals surface area contributed by atoms with Gasteiger partial charge in [0.05, 0.1) is 19.9 Å².